The van der Waals surface area contributed by atoms with Crippen molar-refractivity contribution in [2.75, 3.05) is 4.90 Å². The lowest BCUT2D eigenvalue weighted by Gasteiger charge is -2.29. The van der Waals surface area contributed by atoms with Gasteiger partial charge in [0.15, 0.2) is 5.11 Å². The maximum atomic E-state index is 14.0. The van der Waals surface area contributed by atoms with Gasteiger partial charge in [0.25, 0.3) is 0 Å². The first-order chi connectivity index (χ1) is 15.9. The van der Waals surface area contributed by atoms with Gasteiger partial charge in [-0.2, -0.15) is 0 Å². The Balaban J connectivity index is 1.68. The molecule has 1 N–H and O–H groups in total. The Morgan fingerprint density at radius 2 is 1.76 bits per heavy atom. The van der Waals surface area contributed by atoms with E-state index in [2.05, 4.69) is 10.3 Å². The average molecular weight is 481 g/mol. The maximum Gasteiger partial charge on any atom is 0.174 e. The third kappa shape index (κ3) is 3.87. The second kappa shape index (κ2) is 8.57. The van der Waals surface area contributed by atoms with Crippen molar-refractivity contribution >= 4 is 34.6 Å². The predicted molar refractivity (Wildman–Crippen MR) is 130 cm³/mol. The van der Waals surface area contributed by atoms with Gasteiger partial charge in [-0.1, -0.05) is 17.7 Å². The predicted octanol–water partition coefficient (Wildman–Crippen LogP) is 6.29. The Morgan fingerprint density at radius 1 is 0.970 bits per heavy atom. The zero-order valence-corrected chi connectivity index (χ0v) is 19.1. The Morgan fingerprint density at radius 3 is 2.48 bits per heavy atom. The lowest BCUT2D eigenvalue weighted by atomic mass is 10.0. The van der Waals surface area contributed by atoms with Gasteiger partial charge in [0.1, 0.15) is 17.7 Å². The first-order valence-corrected chi connectivity index (χ1v) is 11.1. The molecule has 0 unspecified atom stereocenters. The van der Waals surface area contributed by atoms with Crippen LogP contribution in [-0.2, 0) is 0 Å². The summed E-state index contributed by atoms with van der Waals surface area (Å²) >= 11 is 11.8. The highest BCUT2D eigenvalue weighted by molar-refractivity contribution is 7.80. The summed E-state index contributed by atoms with van der Waals surface area (Å²) in [6.07, 6.45) is 3.63. The largest absolute Gasteiger partial charge is 0.351 e. The number of aromatic nitrogens is 2. The second-order valence-electron chi connectivity index (χ2n) is 7.83. The van der Waals surface area contributed by atoms with E-state index in [9.17, 15) is 8.78 Å². The molecule has 1 saturated heterocycles. The van der Waals surface area contributed by atoms with Crippen molar-refractivity contribution in [2.45, 2.75) is 19.0 Å². The molecule has 1 fully saturated rings. The summed E-state index contributed by atoms with van der Waals surface area (Å²) in [6, 6.07) is 18.6. The van der Waals surface area contributed by atoms with Crippen LogP contribution in [0.3, 0.4) is 0 Å². The van der Waals surface area contributed by atoms with Gasteiger partial charge in [-0.05, 0) is 85.4 Å². The fourth-order valence-electron chi connectivity index (χ4n) is 4.22. The van der Waals surface area contributed by atoms with Gasteiger partial charge in [-0.3, -0.25) is 4.98 Å². The van der Waals surface area contributed by atoms with Crippen LogP contribution in [-0.4, -0.2) is 14.7 Å². The van der Waals surface area contributed by atoms with Crippen molar-refractivity contribution in [1.82, 2.24) is 14.9 Å². The molecule has 3 heterocycles. The highest BCUT2D eigenvalue weighted by Gasteiger charge is 2.42. The summed E-state index contributed by atoms with van der Waals surface area (Å²) in [5.74, 6) is -0.758. The molecule has 4 nitrogen and oxygen atoms in total. The molecule has 166 valence electrons. The van der Waals surface area contributed by atoms with E-state index < -0.39 is 5.82 Å². The molecule has 0 spiro atoms. The summed E-state index contributed by atoms with van der Waals surface area (Å²) in [4.78, 5) is 6.52. The monoisotopic (exact) mass is 480 g/mol. The Bertz CT molecular complexity index is 1340. The number of anilines is 1. The van der Waals surface area contributed by atoms with Crippen molar-refractivity contribution in [3.63, 3.8) is 0 Å². The van der Waals surface area contributed by atoms with Crippen molar-refractivity contribution in [2.24, 2.45) is 0 Å². The minimum absolute atomic E-state index is 0.0412. The molecule has 0 aliphatic carbocycles. The molecule has 2 aromatic carbocycles. The normalized spacial score (nSPS) is 17.9. The van der Waals surface area contributed by atoms with Gasteiger partial charge in [-0.25, -0.2) is 8.78 Å². The van der Waals surface area contributed by atoms with Crippen LogP contribution in [0.4, 0.5) is 14.5 Å². The quantitative estimate of drug-likeness (QED) is 0.348. The molecule has 0 bridgehead atoms. The second-order valence-corrected chi connectivity index (χ2v) is 8.63. The van der Waals surface area contributed by atoms with E-state index in [1.54, 1.807) is 37.4 Å². The smallest absolute Gasteiger partial charge is 0.174 e. The number of halogens is 3. The zero-order valence-electron chi connectivity index (χ0n) is 17.5. The van der Waals surface area contributed by atoms with Crippen LogP contribution in [0.25, 0.3) is 5.69 Å². The molecular weight excluding hydrogens is 462 g/mol. The molecule has 33 heavy (non-hydrogen) atoms. The average Bonchev–Trinajstić information content (AvgIpc) is 3.42. The zero-order chi connectivity index (χ0) is 23.1. The molecule has 2 atom stereocenters. The molecule has 4 aromatic rings. The van der Waals surface area contributed by atoms with Gasteiger partial charge in [0.05, 0.1) is 16.8 Å². The number of benzene rings is 2. The molecule has 0 radical (unpaired) electrons. The van der Waals surface area contributed by atoms with Crippen LogP contribution in [0.15, 0.2) is 79.1 Å². The fraction of sp³-hybridized carbons (Fsp3) is 0.120. The fourth-order valence-corrected chi connectivity index (χ4v) is 4.74. The molecule has 1 aliphatic heterocycles. The Labute approximate surface area is 200 Å². The third-order valence-corrected chi connectivity index (χ3v) is 6.39. The summed E-state index contributed by atoms with van der Waals surface area (Å²) in [5.41, 5.74) is 3.71. The standard InChI is InChI=1S/C25H19ClF2N4S/c1-15-13-17(8-9-19(15)27)32-24(23(30-25(32)33)21-5-2-3-11-29-21)22-6-4-12-31(22)16-7-10-20(28)18(26)14-16/h2-14,23-24H,1H3,(H,30,33)/t23-,24+/m1/s1. The van der Waals surface area contributed by atoms with Gasteiger partial charge in [0, 0.05) is 29.5 Å². The number of aryl methyl sites for hydroxylation is 1. The molecule has 8 heteroatoms. The number of nitrogens with zero attached hydrogens (tertiary/aromatic N) is 3. The van der Waals surface area contributed by atoms with Gasteiger partial charge in [0.2, 0.25) is 0 Å². The maximum absolute atomic E-state index is 14.0. The number of pyridine rings is 1. The number of nitrogens with one attached hydrogen (secondary N) is 1. The van der Waals surface area contributed by atoms with Crippen molar-refractivity contribution in [1.29, 1.82) is 0 Å². The number of hydrogen-bond donors (Lipinski definition) is 1. The summed E-state index contributed by atoms with van der Waals surface area (Å²) < 4.78 is 29.8. The third-order valence-electron chi connectivity index (χ3n) is 5.78. The highest BCUT2D eigenvalue weighted by Crippen LogP contribution is 2.42. The lowest BCUT2D eigenvalue weighted by Crippen LogP contribution is -2.30. The SMILES string of the molecule is Cc1cc(N2C(=S)N[C@H](c3ccccn3)[C@@H]2c2cccn2-c2ccc(F)c(Cl)c2)ccc1F. The van der Waals surface area contributed by atoms with Crippen molar-refractivity contribution in [3.8, 4) is 5.69 Å². The van der Waals surface area contributed by atoms with Crippen LogP contribution in [0.1, 0.15) is 29.0 Å². The number of rotatable bonds is 4. The first-order valence-electron chi connectivity index (χ1n) is 10.3. The van der Waals surface area contributed by atoms with E-state index in [4.69, 9.17) is 23.8 Å². The van der Waals surface area contributed by atoms with E-state index in [-0.39, 0.29) is 22.9 Å². The van der Waals surface area contributed by atoms with Crippen LogP contribution in [0.2, 0.25) is 5.02 Å². The van der Waals surface area contributed by atoms with Gasteiger partial charge < -0.3 is 14.8 Å². The minimum Gasteiger partial charge on any atom is -0.351 e. The number of thiocarbonyl (C=S) groups is 1. The van der Waals surface area contributed by atoms with Crippen molar-refractivity contribution in [3.05, 3.63) is 113 Å². The van der Waals surface area contributed by atoms with Crippen molar-refractivity contribution < 1.29 is 8.78 Å². The van der Waals surface area contributed by atoms with E-state index in [1.807, 2.05) is 46.0 Å². The van der Waals surface area contributed by atoms with E-state index >= 15 is 0 Å². The first kappa shape index (κ1) is 21.6. The van der Waals surface area contributed by atoms with Crippen LogP contribution >= 0.6 is 23.8 Å². The summed E-state index contributed by atoms with van der Waals surface area (Å²) in [6.45, 7) is 1.72. The number of hydrogen-bond acceptors (Lipinski definition) is 2. The van der Waals surface area contributed by atoms with Gasteiger partial charge >= 0.3 is 0 Å². The summed E-state index contributed by atoms with van der Waals surface area (Å²) in [7, 11) is 0. The molecule has 2 aromatic heterocycles. The molecular formula is C25H19ClF2N4S. The van der Waals surface area contributed by atoms with Crippen LogP contribution < -0.4 is 10.2 Å². The topological polar surface area (TPSA) is 33.1 Å². The Hall–Kier alpha value is -3.29. The molecule has 0 amide bonds. The molecule has 5 rings (SSSR count). The lowest BCUT2D eigenvalue weighted by molar-refractivity contribution is 0.548. The minimum atomic E-state index is -0.479. The van der Waals surface area contributed by atoms with E-state index in [1.165, 1.54) is 12.1 Å². The van der Waals surface area contributed by atoms with E-state index in [0.29, 0.717) is 16.4 Å². The van der Waals surface area contributed by atoms with Crippen LogP contribution in [0.5, 0.6) is 0 Å². The Kier molecular flexibility index (Phi) is 5.60. The van der Waals surface area contributed by atoms with Crippen LogP contribution in [0, 0.1) is 18.6 Å². The highest BCUT2D eigenvalue weighted by atomic mass is 35.5. The molecule has 0 saturated carbocycles. The van der Waals surface area contributed by atoms with E-state index in [0.717, 1.165) is 17.1 Å². The van der Waals surface area contributed by atoms with Gasteiger partial charge in [-0.15, -0.1) is 0 Å². The summed E-state index contributed by atoms with van der Waals surface area (Å²) in [5, 5.41) is 3.94. The molecule has 1 aliphatic rings.